The largest absolute Gasteiger partial charge is 0.467 e. The number of aryl methyl sites for hydroxylation is 1. The Morgan fingerprint density at radius 1 is 1.00 bits per heavy atom. The molecule has 5 rings (SSSR count). The van der Waals surface area contributed by atoms with E-state index >= 15 is 0 Å². The molecule has 0 aliphatic heterocycles. The van der Waals surface area contributed by atoms with Gasteiger partial charge in [-0.25, -0.2) is 0 Å². The van der Waals surface area contributed by atoms with E-state index in [1.165, 1.54) is 0 Å². The fraction of sp³-hybridized carbons (Fsp3) is 0.148. The summed E-state index contributed by atoms with van der Waals surface area (Å²) < 4.78 is 7.16. The summed E-state index contributed by atoms with van der Waals surface area (Å²) in [4.78, 5) is 38.4. The maximum absolute atomic E-state index is 12.9. The summed E-state index contributed by atoms with van der Waals surface area (Å²) in [5.41, 5.74) is 3.77. The number of para-hydroxylation sites is 1. The summed E-state index contributed by atoms with van der Waals surface area (Å²) in [6.07, 6.45) is 5.85. The van der Waals surface area contributed by atoms with Crippen molar-refractivity contribution in [3.63, 3.8) is 0 Å². The van der Waals surface area contributed by atoms with Gasteiger partial charge in [-0.1, -0.05) is 49.4 Å². The molecule has 0 atom stereocenters. The normalized spacial score (nSPS) is 12.9. The summed E-state index contributed by atoms with van der Waals surface area (Å²) >= 11 is 0. The van der Waals surface area contributed by atoms with E-state index in [2.05, 4.69) is 12.2 Å². The molecule has 0 fully saturated rings. The van der Waals surface area contributed by atoms with Gasteiger partial charge < -0.3 is 14.3 Å². The Labute approximate surface area is 190 Å². The molecule has 1 amide bonds. The second kappa shape index (κ2) is 8.39. The number of fused-ring (bicyclic) bond motifs is 2. The van der Waals surface area contributed by atoms with E-state index in [-0.39, 0.29) is 29.6 Å². The number of Topliss-reactive ketones (excluding diaryl/α,β-unsaturated/α-hetero) is 2. The zero-order valence-electron chi connectivity index (χ0n) is 18.1. The molecule has 1 N–H and O–H groups in total. The Kier molecular flexibility index (Phi) is 5.26. The second-order valence-electron chi connectivity index (χ2n) is 8.00. The molecular formula is C27H22N2O4. The van der Waals surface area contributed by atoms with Crippen molar-refractivity contribution in [3.05, 3.63) is 101 Å². The van der Waals surface area contributed by atoms with Crippen LogP contribution in [0.4, 0.5) is 0 Å². The molecule has 0 radical (unpaired) electrons. The van der Waals surface area contributed by atoms with E-state index in [0.717, 1.165) is 28.5 Å². The van der Waals surface area contributed by atoms with E-state index < -0.39 is 0 Å². The molecule has 2 aromatic carbocycles. The highest BCUT2D eigenvalue weighted by Gasteiger charge is 2.32. The van der Waals surface area contributed by atoms with Gasteiger partial charge in [0.25, 0.3) is 0 Å². The average molecular weight is 438 g/mol. The van der Waals surface area contributed by atoms with Crippen molar-refractivity contribution in [1.82, 2.24) is 9.88 Å². The monoisotopic (exact) mass is 438 g/mol. The number of nitrogens with one attached hydrogen (secondary N) is 1. The first-order chi connectivity index (χ1) is 16.1. The van der Waals surface area contributed by atoms with Crippen molar-refractivity contribution >= 4 is 34.5 Å². The van der Waals surface area contributed by atoms with Gasteiger partial charge in [-0.3, -0.25) is 14.4 Å². The molecule has 2 heterocycles. The predicted octanol–water partition coefficient (Wildman–Crippen LogP) is 4.58. The van der Waals surface area contributed by atoms with Gasteiger partial charge in [-0.2, -0.15) is 0 Å². The van der Waals surface area contributed by atoms with Crippen molar-refractivity contribution in [2.24, 2.45) is 0 Å². The number of ketones is 2. The van der Waals surface area contributed by atoms with Crippen LogP contribution >= 0.6 is 0 Å². The molecule has 6 nitrogen and oxygen atoms in total. The first-order valence-corrected chi connectivity index (χ1v) is 10.9. The molecule has 33 heavy (non-hydrogen) atoms. The third-order valence-corrected chi connectivity index (χ3v) is 5.95. The molecule has 164 valence electrons. The Hall–Kier alpha value is -4.19. The van der Waals surface area contributed by atoms with E-state index in [4.69, 9.17) is 4.42 Å². The number of amides is 1. The minimum absolute atomic E-state index is 0.111. The number of hydrogen-bond acceptors (Lipinski definition) is 4. The first-order valence-electron chi connectivity index (χ1n) is 10.9. The maximum Gasteiger partial charge on any atom is 0.240 e. The number of carbonyl (C=O) groups excluding carboxylic acids is 3. The quantitative estimate of drug-likeness (QED) is 0.353. The molecular weight excluding hydrogens is 416 g/mol. The summed E-state index contributed by atoms with van der Waals surface area (Å²) in [6, 6.07) is 16.4. The van der Waals surface area contributed by atoms with Crippen molar-refractivity contribution < 1.29 is 18.8 Å². The zero-order valence-corrected chi connectivity index (χ0v) is 18.1. The number of aromatic nitrogens is 1. The highest BCUT2D eigenvalue weighted by Crippen LogP contribution is 2.31. The first kappa shape index (κ1) is 20.7. The molecule has 0 saturated carbocycles. The summed E-state index contributed by atoms with van der Waals surface area (Å²) in [6.45, 7) is 2.48. The van der Waals surface area contributed by atoms with Gasteiger partial charge >= 0.3 is 0 Å². The number of nitrogens with zero attached hydrogens (tertiary/aromatic N) is 1. The van der Waals surface area contributed by atoms with Gasteiger partial charge in [0.15, 0.2) is 11.6 Å². The molecule has 4 aromatic rings. The molecule has 0 spiro atoms. The van der Waals surface area contributed by atoms with E-state index in [9.17, 15) is 14.4 Å². The highest BCUT2D eigenvalue weighted by molar-refractivity contribution is 6.41. The van der Waals surface area contributed by atoms with Crippen LogP contribution in [0.3, 0.4) is 0 Å². The Morgan fingerprint density at radius 2 is 1.76 bits per heavy atom. The topological polar surface area (TPSA) is 81.3 Å². The van der Waals surface area contributed by atoms with Gasteiger partial charge in [-0.05, 0) is 30.2 Å². The van der Waals surface area contributed by atoms with Gasteiger partial charge in [-0.15, -0.1) is 0 Å². The van der Waals surface area contributed by atoms with Crippen LogP contribution < -0.4 is 5.32 Å². The standard InChI is InChI=1S/C27H22N2O4/c1-2-17-7-5-11-20-18(13-23-26(31)21-9-3-4-10-22(21)27(23)32)15-29(25(17)20)16-24(30)28-14-19-8-6-12-33-19/h3-13,15H,2,14,16H2,1H3,(H,28,30). The van der Waals surface area contributed by atoms with Gasteiger partial charge in [0.1, 0.15) is 12.3 Å². The van der Waals surface area contributed by atoms with E-state index in [0.29, 0.717) is 23.4 Å². The lowest BCUT2D eigenvalue weighted by Crippen LogP contribution is -2.26. The predicted molar refractivity (Wildman–Crippen MR) is 125 cm³/mol. The van der Waals surface area contributed by atoms with E-state index in [1.807, 2.05) is 29.0 Å². The Morgan fingerprint density at radius 3 is 2.42 bits per heavy atom. The lowest BCUT2D eigenvalue weighted by molar-refractivity contribution is -0.121. The summed E-state index contributed by atoms with van der Waals surface area (Å²) in [5.74, 6) is -0.00860. The third-order valence-electron chi connectivity index (χ3n) is 5.95. The zero-order chi connectivity index (χ0) is 22.9. The number of allylic oxidation sites excluding steroid dienone is 1. The smallest absolute Gasteiger partial charge is 0.240 e. The van der Waals surface area contributed by atoms with Crippen molar-refractivity contribution in [2.75, 3.05) is 0 Å². The molecule has 0 bridgehead atoms. The van der Waals surface area contributed by atoms with Crippen LogP contribution in [-0.4, -0.2) is 22.0 Å². The maximum atomic E-state index is 12.9. The number of benzene rings is 2. The van der Waals surface area contributed by atoms with Crippen molar-refractivity contribution in [3.8, 4) is 0 Å². The number of rotatable bonds is 6. The van der Waals surface area contributed by atoms with Crippen LogP contribution in [0.15, 0.2) is 77.0 Å². The minimum atomic E-state index is -0.265. The highest BCUT2D eigenvalue weighted by atomic mass is 16.3. The lowest BCUT2D eigenvalue weighted by Gasteiger charge is -2.09. The van der Waals surface area contributed by atoms with Crippen LogP contribution in [-0.2, 0) is 24.3 Å². The number of hydrogen-bond donors (Lipinski definition) is 1. The summed E-state index contributed by atoms with van der Waals surface area (Å²) in [5, 5.41) is 3.77. The van der Waals surface area contributed by atoms with Crippen LogP contribution in [0.1, 0.15) is 44.5 Å². The van der Waals surface area contributed by atoms with Crippen LogP contribution in [0.5, 0.6) is 0 Å². The van der Waals surface area contributed by atoms with Crippen LogP contribution in [0.2, 0.25) is 0 Å². The molecule has 6 heteroatoms. The molecule has 0 unspecified atom stereocenters. The Bertz CT molecular complexity index is 1390. The van der Waals surface area contributed by atoms with Gasteiger partial charge in [0, 0.05) is 28.3 Å². The molecule has 0 saturated heterocycles. The second-order valence-corrected chi connectivity index (χ2v) is 8.00. The molecule has 2 aromatic heterocycles. The van der Waals surface area contributed by atoms with Crippen molar-refractivity contribution in [2.45, 2.75) is 26.4 Å². The lowest BCUT2D eigenvalue weighted by atomic mass is 10.0. The molecule has 1 aliphatic rings. The fourth-order valence-electron chi connectivity index (χ4n) is 4.36. The minimum Gasteiger partial charge on any atom is -0.467 e. The Balaban J connectivity index is 1.52. The number of furan rings is 1. The fourth-order valence-corrected chi connectivity index (χ4v) is 4.36. The van der Waals surface area contributed by atoms with Crippen LogP contribution in [0, 0.1) is 0 Å². The average Bonchev–Trinajstić information content (AvgIpc) is 3.53. The van der Waals surface area contributed by atoms with Gasteiger partial charge in [0.2, 0.25) is 5.91 Å². The number of carbonyl (C=O) groups is 3. The van der Waals surface area contributed by atoms with Crippen LogP contribution in [0.25, 0.3) is 17.0 Å². The van der Waals surface area contributed by atoms with Crippen molar-refractivity contribution in [1.29, 1.82) is 0 Å². The SMILES string of the molecule is CCc1cccc2c(C=C3C(=O)c4ccccc4C3=O)cn(CC(=O)NCc3ccco3)c12. The third kappa shape index (κ3) is 3.69. The van der Waals surface area contributed by atoms with Gasteiger partial charge in [0.05, 0.1) is 23.9 Å². The van der Waals surface area contributed by atoms with E-state index in [1.54, 1.807) is 48.7 Å². The summed E-state index contributed by atoms with van der Waals surface area (Å²) in [7, 11) is 0. The molecule has 1 aliphatic carbocycles.